The minimum absolute atomic E-state index is 0.835. The molecule has 1 N–H and O–H groups in total. The maximum Gasteiger partial charge on any atom is 0.0110 e. The van der Waals surface area contributed by atoms with Gasteiger partial charge in [0.2, 0.25) is 0 Å². The number of piperidine rings is 2. The van der Waals surface area contributed by atoms with Crippen LogP contribution in [-0.4, -0.2) is 36.1 Å². The van der Waals surface area contributed by atoms with E-state index in [1.165, 1.54) is 51.4 Å². The highest BCUT2D eigenvalue weighted by Gasteiger charge is 2.36. The Balaban J connectivity index is 1.58. The van der Waals surface area contributed by atoms with Crippen molar-refractivity contribution in [3.05, 3.63) is 0 Å². The van der Waals surface area contributed by atoms with Gasteiger partial charge in [-0.15, -0.1) is 0 Å². The Bertz CT molecular complexity index is 211. The quantitative estimate of drug-likeness (QED) is 0.748. The maximum absolute atomic E-state index is 3.88. The van der Waals surface area contributed by atoms with Gasteiger partial charge in [0.15, 0.2) is 0 Å². The fourth-order valence-electron chi connectivity index (χ4n) is 3.66. The molecule has 2 aliphatic heterocycles. The fourth-order valence-corrected chi connectivity index (χ4v) is 3.66. The Labute approximate surface area is 93.4 Å². The second-order valence-corrected chi connectivity index (χ2v) is 5.87. The summed E-state index contributed by atoms with van der Waals surface area (Å²) < 4.78 is 0. The lowest BCUT2D eigenvalue weighted by molar-refractivity contribution is 0.0428. The lowest BCUT2D eigenvalue weighted by Crippen LogP contribution is -2.56. The molecule has 2 unspecified atom stereocenters. The van der Waals surface area contributed by atoms with Crippen molar-refractivity contribution in [3.63, 3.8) is 0 Å². The van der Waals surface area contributed by atoms with Crippen molar-refractivity contribution in [1.82, 2.24) is 10.2 Å². The Hall–Kier alpha value is -0.0800. The molecule has 2 saturated heterocycles. The van der Waals surface area contributed by atoms with Gasteiger partial charge >= 0.3 is 0 Å². The first kappa shape index (κ1) is 10.1. The van der Waals surface area contributed by atoms with Crippen molar-refractivity contribution in [3.8, 4) is 0 Å². The van der Waals surface area contributed by atoms with Crippen LogP contribution in [0.25, 0.3) is 0 Å². The van der Waals surface area contributed by atoms with Gasteiger partial charge in [0.1, 0.15) is 0 Å². The number of nitrogens with zero attached hydrogens (tertiary/aromatic N) is 1. The van der Waals surface area contributed by atoms with Crippen molar-refractivity contribution < 1.29 is 0 Å². The average Bonchev–Trinajstić information content (AvgIpc) is 2.12. The first-order valence-corrected chi connectivity index (χ1v) is 6.81. The van der Waals surface area contributed by atoms with E-state index in [-0.39, 0.29) is 0 Å². The molecule has 0 aromatic rings. The largest absolute Gasteiger partial charge is 0.311 e. The van der Waals surface area contributed by atoms with Crippen LogP contribution in [0.2, 0.25) is 0 Å². The summed E-state index contributed by atoms with van der Waals surface area (Å²) in [6.45, 7) is 0. The first-order chi connectivity index (χ1) is 7.33. The molecule has 2 nitrogen and oxygen atoms in total. The van der Waals surface area contributed by atoms with E-state index in [1.807, 2.05) is 0 Å². The SMILES string of the molecule is CN1C2CCCC1CC(NC1CCC1)C2. The van der Waals surface area contributed by atoms with E-state index >= 15 is 0 Å². The first-order valence-electron chi connectivity index (χ1n) is 6.81. The smallest absolute Gasteiger partial charge is 0.0110 e. The van der Waals surface area contributed by atoms with E-state index in [0.717, 1.165) is 24.2 Å². The highest BCUT2D eigenvalue weighted by Crippen LogP contribution is 2.33. The molecular formula is C13H24N2. The Morgan fingerprint density at radius 3 is 2.00 bits per heavy atom. The third-order valence-electron chi connectivity index (χ3n) is 4.92. The molecule has 0 aromatic heterocycles. The summed E-state index contributed by atoms with van der Waals surface area (Å²) in [7, 11) is 2.34. The molecule has 86 valence electrons. The summed E-state index contributed by atoms with van der Waals surface area (Å²) >= 11 is 0. The number of fused-ring (bicyclic) bond motifs is 2. The fraction of sp³-hybridized carbons (Fsp3) is 1.00. The summed E-state index contributed by atoms with van der Waals surface area (Å²) in [6.07, 6.45) is 11.5. The summed E-state index contributed by atoms with van der Waals surface area (Å²) in [4.78, 5) is 2.66. The zero-order valence-corrected chi connectivity index (χ0v) is 9.91. The highest BCUT2D eigenvalue weighted by molar-refractivity contribution is 4.95. The van der Waals surface area contributed by atoms with E-state index in [9.17, 15) is 0 Å². The molecule has 0 radical (unpaired) electrons. The molecule has 2 heteroatoms. The molecule has 2 bridgehead atoms. The Morgan fingerprint density at radius 2 is 1.47 bits per heavy atom. The summed E-state index contributed by atoms with van der Waals surface area (Å²) in [5.74, 6) is 0. The molecule has 0 spiro atoms. The van der Waals surface area contributed by atoms with Gasteiger partial charge in [-0.2, -0.15) is 0 Å². The molecule has 3 aliphatic rings. The normalized spacial score (nSPS) is 42.6. The number of hydrogen-bond donors (Lipinski definition) is 1. The topological polar surface area (TPSA) is 15.3 Å². The zero-order chi connectivity index (χ0) is 10.3. The third-order valence-corrected chi connectivity index (χ3v) is 4.92. The van der Waals surface area contributed by atoms with Gasteiger partial charge in [0.05, 0.1) is 0 Å². The molecule has 2 atom stereocenters. The second-order valence-electron chi connectivity index (χ2n) is 5.87. The van der Waals surface area contributed by atoms with Gasteiger partial charge in [0, 0.05) is 24.2 Å². The second kappa shape index (κ2) is 4.06. The van der Waals surface area contributed by atoms with E-state index in [4.69, 9.17) is 0 Å². The van der Waals surface area contributed by atoms with Crippen LogP contribution in [0.5, 0.6) is 0 Å². The van der Waals surface area contributed by atoms with E-state index in [1.54, 1.807) is 0 Å². The minimum Gasteiger partial charge on any atom is -0.311 e. The van der Waals surface area contributed by atoms with Crippen LogP contribution in [0.15, 0.2) is 0 Å². The molecule has 1 aliphatic carbocycles. The molecule has 1 saturated carbocycles. The molecule has 0 amide bonds. The van der Waals surface area contributed by atoms with Gasteiger partial charge in [-0.1, -0.05) is 12.8 Å². The highest BCUT2D eigenvalue weighted by atomic mass is 15.2. The summed E-state index contributed by atoms with van der Waals surface area (Å²) in [6, 6.07) is 3.48. The van der Waals surface area contributed by atoms with Crippen LogP contribution >= 0.6 is 0 Å². The molecule has 0 aromatic carbocycles. The average molecular weight is 208 g/mol. The molecular weight excluding hydrogens is 184 g/mol. The maximum atomic E-state index is 3.88. The van der Waals surface area contributed by atoms with Crippen LogP contribution in [0.1, 0.15) is 51.4 Å². The molecule has 3 fully saturated rings. The lowest BCUT2D eigenvalue weighted by Gasteiger charge is -2.48. The predicted octanol–water partition coefficient (Wildman–Crippen LogP) is 2.14. The molecule has 3 rings (SSSR count). The summed E-state index contributed by atoms with van der Waals surface area (Å²) in [5.41, 5.74) is 0. The predicted molar refractivity (Wildman–Crippen MR) is 63.0 cm³/mol. The molecule has 15 heavy (non-hydrogen) atoms. The van der Waals surface area contributed by atoms with Crippen LogP contribution < -0.4 is 5.32 Å². The zero-order valence-electron chi connectivity index (χ0n) is 9.91. The van der Waals surface area contributed by atoms with E-state index in [0.29, 0.717) is 0 Å². The van der Waals surface area contributed by atoms with Crippen molar-refractivity contribution in [2.45, 2.75) is 75.5 Å². The van der Waals surface area contributed by atoms with Gasteiger partial charge in [-0.05, 0) is 45.6 Å². The van der Waals surface area contributed by atoms with Crippen molar-refractivity contribution in [1.29, 1.82) is 0 Å². The van der Waals surface area contributed by atoms with Crippen molar-refractivity contribution in [2.24, 2.45) is 0 Å². The monoisotopic (exact) mass is 208 g/mol. The number of hydrogen-bond acceptors (Lipinski definition) is 2. The lowest BCUT2D eigenvalue weighted by atomic mass is 9.81. The summed E-state index contributed by atoms with van der Waals surface area (Å²) in [5, 5.41) is 3.88. The van der Waals surface area contributed by atoms with E-state index in [2.05, 4.69) is 17.3 Å². The van der Waals surface area contributed by atoms with Crippen LogP contribution in [-0.2, 0) is 0 Å². The van der Waals surface area contributed by atoms with Crippen molar-refractivity contribution in [2.75, 3.05) is 7.05 Å². The molecule has 2 heterocycles. The van der Waals surface area contributed by atoms with E-state index < -0.39 is 0 Å². The van der Waals surface area contributed by atoms with Crippen LogP contribution in [0, 0.1) is 0 Å². The van der Waals surface area contributed by atoms with Crippen LogP contribution in [0.4, 0.5) is 0 Å². The Morgan fingerprint density at radius 1 is 0.867 bits per heavy atom. The minimum atomic E-state index is 0.835. The number of nitrogens with one attached hydrogen (secondary N) is 1. The number of rotatable bonds is 2. The van der Waals surface area contributed by atoms with Gasteiger partial charge in [-0.3, -0.25) is 0 Å². The standard InChI is InChI=1S/C13H24N2/c1-15-12-6-3-7-13(15)9-11(8-12)14-10-4-2-5-10/h10-14H,2-9H2,1H3. The van der Waals surface area contributed by atoms with Gasteiger partial charge in [-0.25, -0.2) is 0 Å². The van der Waals surface area contributed by atoms with Crippen LogP contribution in [0.3, 0.4) is 0 Å². The van der Waals surface area contributed by atoms with Crippen molar-refractivity contribution >= 4 is 0 Å². The third kappa shape index (κ3) is 1.94. The Kier molecular flexibility index (Phi) is 2.73. The van der Waals surface area contributed by atoms with Gasteiger partial charge < -0.3 is 10.2 Å². The van der Waals surface area contributed by atoms with Gasteiger partial charge in [0.25, 0.3) is 0 Å².